The lowest BCUT2D eigenvalue weighted by atomic mass is 10.2. The van der Waals surface area contributed by atoms with Gasteiger partial charge in [-0.05, 0) is 37.8 Å². The molecule has 0 saturated heterocycles. The van der Waals surface area contributed by atoms with Gasteiger partial charge in [0.15, 0.2) is 0 Å². The maximum Gasteiger partial charge on any atom is 0.302 e. The molecule has 1 rings (SSSR count). The molecule has 7 nitrogen and oxygen atoms in total. The third-order valence-electron chi connectivity index (χ3n) is 3.26. The van der Waals surface area contributed by atoms with Crippen molar-refractivity contribution in [3.63, 3.8) is 0 Å². The largest absolute Gasteiger partial charge is 0.493 e. The Balaban J connectivity index is 2.35. The van der Waals surface area contributed by atoms with E-state index in [0.717, 1.165) is 19.1 Å². The van der Waals surface area contributed by atoms with Crippen molar-refractivity contribution in [3.05, 3.63) is 23.8 Å². The van der Waals surface area contributed by atoms with Gasteiger partial charge in [-0.1, -0.05) is 0 Å². The summed E-state index contributed by atoms with van der Waals surface area (Å²) in [6, 6.07) is 5.02. The monoisotopic (exact) mass is 366 g/mol. The highest BCUT2D eigenvalue weighted by Crippen LogP contribution is 2.23. The lowest BCUT2D eigenvalue weighted by Gasteiger charge is -2.11. The van der Waals surface area contributed by atoms with Crippen LogP contribution in [0.25, 0.3) is 0 Å². The van der Waals surface area contributed by atoms with E-state index in [-0.39, 0.29) is 11.9 Å². The minimum absolute atomic E-state index is 0.292. The van der Waals surface area contributed by atoms with E-state index < -0.39 is 0 Å². The molecule has 0 N–H and O–H groups in total. The van der Waals surface area contributed by atoms with Crippen molar-refractivity contribution < 1.29 is 33.3 Å². The van der Waals surface area contributed by atoms with Gasteiger partial charge >= 0.3 is 11.9 Å². The van der Waals surface area contributed by atoms with Crippen LogP contribution in [0.2, 0.25) is 0 Å². The van der Waals surface area contributed by atoms with Gasteiger partial charge < -0.3 is 18.9 Å². The van der Waals surface area contributed by atoms with E-state index in [4.69, 9.17) is 18.9 Å². The molecule has 0 aliphatic rings. The van der Waals surface area contributed by atoms with Crippen LogP contribution in [-0.4, -0.2) is 44.7 Å². The van der Waals surface area contributed by atoms with Crippen LogP contribution in [0.5, 0.6) is 11.5 Å². The van der Waals surface area contributed by atoms with E-state index in [9.17, 15) is 14.4 Å². The number of benzene rings is 1. The molecule has 144 valence electrons. The van der Waals surface area contributed by atoms with Gasteiger partial charge in [0.1, 0.15) is 17.8 Å². The number of ether oxygens (including phenoxy) is 4. The van der Waals surface area contributed by atoms with Crippen molar-refractivity contribution in [3.8, 4) is 11.5 Å². The van der Waals surface area contributed by atoms with Crippen molar-refractivity contribution in [1.29, 1.82) is 0 Å². The van der Waals surface area contributed by atoms with E-state index in [1.165, 1.54) is 13.8 Å². The first-order valence-corrected chi connectivity index (χ1v) is 8.64. The van der Waals surface area contributed by atoms with Gasteiger partial charge in [0.05, 0.1) is 26.4 Å². The fourth-order valence-corrected chi connectivity index (χ4v) is 2.05. The molecule has 0 amide bonds. The Morgan fingerprint density at radius 2 is 1.19 bits per heavy atom. The van der Waals surface area contributed by atoms with Crippen molar-refractivity contribution in [1.82, 2.24) is 0 Å². The summed E-state index contributed by atoms with van der Waals surface area (Å²) in [5.74, 6) is 0.521. The van der Waals surface area contributed by atoms with Gasteiger partial charge in [-0.3, -0.25) is 14.4 Å². The molecular weight excluding hydrogens is 340 g/mol. The Hall–Kier alpha value is -2.57. The minimum atomic E-state index is -0.292. The van der Waals surface area contributed by atoms with Crippen LogP contribution in [0.1, 0.15) is 49.9 Å². The van der Waals surface area contributed by atoms with Gasteiger partial charge in [0.25, 0.3) is 0 Å². The fraction of sp³-hybridized carbons (Fsp3) is 0.526. The van der Waals surface area contributed by atoms with E-state index in [2.05, 4.69) is 0 Å². The molecule has 0 aliphatic heterocycles. The highest BCUT2D eigenvalue weighted by Gasteiger charge is 2.04. The molecule has 0 aromatic heterocycles. The van der Waals surface area contributed by atoms with Crippen molar-refractivity contribution in [2.75, 3.05) is 26.4 Å². The van der Waals surface area contributed by atoms with Crippen LogP contribution in [0.3, 0.4) is 0 Å². The molecule has 7 heteroatoms. The Kier molecular flexibility index (Phi) is 10.5. The van der Waals surface area contributed by atoms with E-state index in [1.54, 1.807) is 18.2 Å². The van der Waals surface area contributed by atoms with Crippen molar-refractivity contribution in [2.45, 2.75) is 39.5 Å². The molecular formula is C19H26O7. The van der Waals surface area contributed by atoms with Crippen molar-refractivity contribution >= 4 is 18.2 Å². The standard InChI is InChI=1S/C19H26O7/c1-15(21)23-7-3-5-9-25-18-11-17(14-20)12-19(13-18)26-10-6-4-8-24-16(2)22/h11-14H,3-10H2,1-2H3. The molecule has 1 aromatic carbocycles. The first kappa shape index (κ1) is 21.5. The minimum Gasteiger partial charge on any atom is -0.493 e. The summed E-state index contributed by atoms with van der Waals surface area (Å²) in [7, 11) is 0. The molecule has 0 atom stereocenters. The van der Waals surface area contributed by atoms with E-state index in [1.807, 2.05) is 0 Å². The number of hydrogen-bond acceptors (Lipinski definition) is 7. The fourth-order valence-electron chi connectivity index (χ4n) is 2.05. The highest BCUT2D eigenvalue weighted by molar-refractivity contribution is 5.76. The average molecular weight is 366 g/mol. The van der Waals surface area contributed by atoms with Gasteiger partial charge in [-0.25, -0.2) is 0 Å². The molecule has 0 unspecified atom stereocenters. The van der Waals surface area contributed by atoms with Gasteiger partial charge in [-0.2, -0.15) is 0 Å². The SMILES string of the molecule is CC(=O)OCCCCOc1cc(C=O)cc(OCCCCOC(C)=O)c1. The summed E-state index contributed by atoms with van der Waals surface area (Å²) in [4.78, 5) is 32.4. The number of aldehydes is 1. The van der Waals surface area contributed by atoms with E-state index >= 15 is 0 Å². The molecule has 0 bridgehead atoms. The topological polar surface area (TPSA) is 88.1 Å². The molecule has 0 saturated carbocycles. The van der Waals surface area contributed by atoms with Crippen LogP contribution < -0.4 is 9.47 Å². The quantitative estimate of drug-likeness (QED) is 0.301. The number of carbonyl (C=O) groups is 3. The summed E-state index contributed by atoms with van der Waals surface area (Å²) in [6.07, 6.45) is 3.61. The van der Waals surface area contributed by atoms with Gasteiger partial charge in [0, 0.05) is 25.5 Å². The Morgan fingerprint density at radius 1 is 0.769 bits per heavy atom. The molecule has 0 radical (unpaired) electrons. The number of unbranched alkanes of at least 4 members (excludes halogenated alkanes) is 2. The third kappa shape index (κ3) is 10.3. The van der Waals surface area contributed by atoms with Crippen LogP contribution in [-0.2, 0) is 19.1 Å². The first-order chi connectivity index (χ1) is 12.5. The second-order valence-corrected chi connectivity index (χ2v) is 5.65. The first-order valence-electron chi connectivity index (χ1n) is 8.64. The molecule has 26 heavy (non-hydrogen) atoms. The number of carbonyl (C=O) groups excluding carboxylic acids is 3. The summed E-state index contributed by atoms with van der Waals surface area (Å²) in [6.45, 7) is 4.39. The van der Waals surface area contributed by atoms with Crippen molar-refractivity contribution in [2.24, 2.45) is 0 Å². The molecule has 0 fully saturated rings. The average Bonchev–Trinajstić information content (AvgIpc) is 2.60. The second kappa shape index (κ2) is 12.7. The number of esters is 2. The highest BCUT2D eigenvalue weighted by atomic mass is 16.5. The van der Waals surface area contributed by atoms with Gasteiger partial charge in [0.2, 0.25) is 0 Å². The molecule has 0 aliphatic carbocycles. The van der Waals surface area contributed by atoms with Crippen LogP contribution in [0, 0.1) is 0 Å². The number of rotatable bonds is 13. The lowest BCUT2D eigenvalue weighted by Crippen LogP contribution is -2.05. The molecule has 0 spiro atoms. The summed E-state index contributed by atoms with van der Waals surface area (Å²) >= 11 is 0. The summed E-state index contributed by atoms with van der Waals surface area (Å²) in [5.41, 5.74) is 0.470. The molecule has 1 aromatic rings. The maximum atomic E-state index is 11.1. The Morgan fingerprint density at radius 3 is 1.58 bits per heavy atom. The smallest absolute Gasteiger partial charge is 0.302 e. The normalized spacial score (nSPS) is 10.1. The Labute approximate surface area is 153 Å². The van der Waals surface area contributed by atoms with E-state index in [0.29, 0.717) is 56.3 Å². The zero-order valence-corrected chi connectivity index (χ0v) is 15.3. The summed E-state index contributed by atoms with van der Waals surface area (Å²) < 4.78 is 21.0. The summed E-state index contributed by atoms with van der Waals surface area (Å²) in [5, 5.41) is 0. The zero-order valence-electron chi connectivity index (χ0n) is 15.3. The predicted molar refractivity (Wildman–Crippen MR) is 94.6 cm³/mol. The van der Waals surface area contributed by atoms with Crippen LogP contribution >= 0.6 is 0 Å². The van der Waals surface area contributed by atoms with Crippen LogP contribution in [0.15, 0.2) is 18.2 Å². The second-order valence-electron chi connectivity index (χ2n) is 5.65. The maximum absolute atomic E-state index is 11.1. The molecule has 0 heterocycles. The third-order valence-corrected chi connectivity index (χ3v) is 3.26. The van der Waals surface area contributed by atoms with Crippen LogP contribution in [0.4, 0.5) is 0 Å². The number of hydrogen-bond donors (Lipinski definition) is 0. The Bertz CT molecular complexity index is 539. The van der Waals surface area contributed by atoms with Gasteiger partial charge in [-0.15, -0.1) is 0 Å². The predicted octanol–water partition coefficient (Wildman–Crippen LogP) is 2.94. The lowest BCUT2D eigenvalue weighted by molar-refractivity contribution is -0.142. The zero-order chi connectivity index (χ0) is 19.2.